The zero-order chi connectivity index (χ0) is 18.2. The fourth-order valence-corrected chi connectivity index (χ4v) is 3.11. The lowest BCUT2D eigenvalue weighted by Crippen LogP contribution is -2.46. The van der Waals surface area contributed by atoms with Crippen molar-refractivity contribution in [3.63, 3.8) is 0 Å². The van der Waals surface area contributed by atoms with Crippen molar-refractivity contribution in [3.05, 3.63) is 71.8 Å². The summed E-state index contributed by atoms with van der Waals surface area (Å²) in [6.45, 7) is 1.26. The normalized spacial score (nSPS) is 22.5. The number of carbonyl (C=O) groups is 2. The molecule has 136 valence electrons. The molecule has 0 aromatic heterocycles. The first-order valence-electron chi connectivity index (χ1n) is 8.84. The maximum Gasteiger partial charge on any atom is 0.234 e. The second-order valence-corrected chi connectivity index (χ2v) is 6.24. The third-order valence-electron chi connectivity index (χ3n) is 4.39. The lowest BCUT2D eigenvalue weighted by atomic mass is 9.93. The monoisotopic (exact) mass is 352 g/mol. The first-order chi connectivity index (χ1) is 12.7. The summed E-state index contributed by atoms with van der Waals surface area (Å²) in [6.07, 6.45) is 0. The quantitative estimate of drug-likeness (QED) is 0.647. The summed E-state index contributed by atoms with van der Waals surface area (Å²) in [6, 6.07) is 19.6. The van der Waals surface area contributed by atoms with Crippen molar-refractivity contribution in [2.75, 3.05) is 26.2 Å². The van der Waals surface area contributed by atoms with Crippen LogP contribution in [0.25, 0.3) is 0 Å². The minimum atomic E-state index is -0.156. The Bertz CT molecular complexity index is 658. The Hall–Kier alpha value is -2.70. The van der Waals surface area contributed by atoms with Gasteiger partial charge in [-0.1, -0.05) is 60.7 Å². The molecule has 0 saturated carbocycles. The predicted molar refractivity (Wildman–Crippen MR) is 100 cm³/mol. The van der Waals surface area contributed by atoms with Crippen LogP contribution in [0, 0.1) is 0 Å². The van der Waals surface area contributed by atoms with Crippen molar-refractivity contribution in [2.45, 2.75) is 12.1 Å². The van der Waals surface area contributed by atoms with Gasteiger partial charge in [0.2, 0.25) is 11.8 Å². The van der Waals surface area contributed by atoms with E-state index >= 15 is 0 Å². The molecule has 1 aliphatic heterocycles. The van der Waals surface area contributed by atoms with E-state index in [4.69, 9.17) is 0 Å². The zero-order valence-electron chi connectivity index (χ0n) is 14.6. The van der Waals surface area contributed by atoms with Crippen LogP contribution in [0.4, 0.5) is 0 Å². The number of carbonyl (C=O) groups excluding carboxylic acids is 2. The number of amides is 2. The van der Waals surface area contributed by atoms with Crippen molar-refractivity contribution in [2.24, 2.45) is 0 Å². The van der Waals surface area contributed by atoms with Gasteiger partial charge < -0.3 is 10.6 Å². The van der Waals surface area contributed by atoms with Gasteiger partial charge in [0.15, 0.2) is 0 Å². The van der Waals surface area contributed by atoms with Gasteiger partial charge in [-0.25, -0.2) is 0 Å². The predicted octanol–water partition coefficient (Wildman–Crippen LogP) is 0.894. The van der Waals surface area contributed by atoms with Crippen LogP contribution in [0.15, 0.2) is 60.7 Å². The third-order valence-corrected chi connectivity index (χ3v) is 4.39. The Balaban J connectivity index is 1.93. The molecule has 1 fully saturated rings. The van der Waals surface area contributed by atoms with E-state index in [1.54, 1.807) is 0 Å². The van der Waals surface area contributed by atoms with Crippen LogP contribution < -0.4 is 21.3 Å². The molecule has 1 saturated heterocycles. The smallest absolute Gasteiger partial charge is 0.234 e. The highest BCUT2D eigenvalue weighted by atomic mass is 16.2. The van der Waals surface area contributed by atoms with Crippen LogP contribution in [0.2, 0.25) is 0 Å². The highest BCUT2D eigenvalue weighted by molar-refractivity contribution is 5.79. The third kappa shape index (κ3) is 4.91. The van der Waals surface area contributed by atoms with E-state index in [-0.39, 0.29) is 37.0 Å². The van der Waals surface area contributed by atoms with Gasteiger partial charge in [0.1, 0.15) is 0 Å². The molecule has 1 aliphatic rings. The van der Waals surface area contributed by atoms with Crippen LogP contribution in [0.3, 0.4) is 0 Å². The van der Waals surface area contributed by atoms with Gasteiger partial charge in [-0.2, -0.15) is 0 Å². The van der Waals surface area contributed by atoms with Crippen molar-refractivity contribution < 1.29 is 9.59 Å². The number of benzene rings is 2. The molecule has 6 nitrogen and oxygen atoms in total. The van der Waals surface area contributed by atoms with Crippen LogP contribution in [0.5, 0.6) is 0 Å². The number of hydrogen-bond acceptors (Lipinski definition) is 4. The Kier molecular flexibility index (Phi) is 6.35. The van der Waals surface area contributed by atoms with Gasteiger partial charge in [0.05, 0.1) is 25.2 Å². The first-order valence-corrected chi connectivity index (χ1v) is 8.84. The van der Waals surface area contributed by atoms with E-state index in [2.05, 4.69) is 21.3 Å². The largest absolute Gasteiger partial charge is 0.353 e. The molecule has 2 atom stereocenters. The second kappa shape index (κ2) is 9.12. The standard InChI is InChI=1S/C20H24N4O2/c25-17-13-23-19(15-7-3-1-4-8-15)20(16-9-5-2-6-10-16)24-14-18(26)22-12-11-21-17/h1-10,19-20,23-24H,11-14H2,(H,21,25)(H,22,26)/t19-,20+. The minimum Gasteiger partial charge on any atom is -0.353 e. The molecule has 2 amide bonds. The van der Waals surface area contributed by atoms with Crippen molar-refractivity contribution in [1.82, 2.24) is 21.3 Å². The maximum atomic E-state index is 12.1. The molecule has 0 spiro atoms. The topological polar surface area (TPSA) is 82.3 Å². The molecule has 4 N–H and O–H groups in total. The fraction of sp³-hybridized carbons (Fsp3) is 0.300. The molecular formula is C20H24N4O2. The van der Waals surface area contributed by atoms with E-state index < -0.39 is 0 Å². The molecule has 0 aliphatic carbocycles. The van der Waals surface area contributed by atoms with E-state index in [0.29, 0.717) is 13.1 Å². The summed E-state index contributed by atoms with van der Waals surface area (Å²) >= 11 is 0. The highest BCUT2D eigenvalue weighted by Crippen LogP contribution is 2.28. The van der Waals surface area contributed by atoms with Gasteiger partial charge in [-0.3, -0.25) is 20.2 Å². The van der Waals surface area contributed by atoms with E-state index in [0.717, 1.165) is 11.1 Å². The zero-order valence-corrected chi connectivity index (χ0v) is 14.6. The fourth-order valence-electron chi connectivity index (χ4n) is 3.11. The summed E-state index contributed by atoms with van der Waals surface area (Å²) in [5.74, 6) is -0.180. The Morgan fingerprint density at radius 3 is 1.38 bits per heavy atom. The minimum absolute atomic E-state index is 0.0902. The van der Waals surface area contributed by atoms with Crippen molar-refractivity contribution >= 4 is 11.8 Å². The van der Waals surface area contributed by atoms with Crippen LogP contribution in [-0.4, -0.2) is 38.0 Å². The molecule has 2 aromatic rings. The molecule has 2 aromatic carbocycles. The van der Waals surface area contributed by atoms with E-state index in [1.165, 1.54) is 0 Å². The molecule has 0 unspecified atom stereocenters. The lowest BCUT2D eigenvalue weighted by molar-refractivity contribution is -0.122. The maximum absolute atomic E-state index is 12.1. The van der Waals surface area contributed by atoms with E-state index in [9.17, 15) is 9.59 Å². The first kappa shape index (κ1) is 18.1. The number of hydrogen-bond donors (Lipinski definition) is 4. The number of nitrogens with one attached hydrogen (secondary N) is 4. The van der Waals surface area contributed by atoms with Gasteiger partial charge in [0.25, 0.3) is 0 Å². The van der Waals surface area contributed by atoms with Gasteiger partial charge in [-0.15, -0.1) is 0 Å². The van der Waals surface area contributed by atoms with Crippen molar-refractivity contribution in [3.8, 4) is 0 Å². The summed E-state index contributed by atoms with van der Waals surface area (Å²) in [5, 5.41) is 12.3. The molecular weight excluding hydrogens is 328 g/mol. The molecule has 3 rings (SSSR count). The highest BCUT2D eigenvalue weighted by Gasteiger charge is 2.25. The van der Waals surface area contributed by atoms with Crippen LogP contribution >= 0.6 is 0 Å². The summed E-state index contributed by atoms with van der Waals surface area (Å²) in [5.41, 5.74) is 2.11. The average molecular weight is 352 g/mol. The summed E-state index contributed by atoms with van der Waals surface area (Å²) in [4.78, 5) is 24.2. The summed E-state index contributed by atoms with van der Waals surface area (Å²) < 4.78 is 0. The molecule has 0 bridgehead atoms. The van der Waals surface area contributed by atoms with Crippen molar-refractivity contribution in [1.29, 1.82) is 0 Å². The number of rotatable bonds is 2. The van der Waals surface area contributed by atoms with Crippen LogP contribution in [-0.2, 0) is 9.59 Å². The van der Waals surface area contributed by atoms with Gasteiger partial charge in [0, 0.05) is 13.1 Å². The Morgan fingerprint density at radius 1 is 0.615 bits per heavy atom. The molecule has 6 heteroatoms. The molecule has 0 radical (unpaired) electrons. The van der Waals surface area contributed by atoms with Gasteiger partial charge >= 0.3 is 0 Å². The Labute approximate surface area is 153 Å². The van der Waals surface area contributed by atoms with E-state index in [1.807, 2.05) is 60.7 Å². The van der Waals surface area contributed by atoms with Gasteiger partial charge in [-0.05, 0) is 11.1 Å². The lowest BCUT2D eigenvalue weighted by Gasteiger charge is -2.30. The average Bonchev–Trinajstić information content (AvgIpc) is 2.68. The van der Waals surface area contributed by atoms with Crippen LogP contribution in [0.1, 0.15) is 23.2 Å². The summed E-state index contributed by atoms with van der Waals surface area (Å²) in [7, 11) is 0. The molecule has 26 heavy (non-hydrogen) atoms. The Morgan fingerprint density at radius 2 is 1.00 bits per heavy atom. The SMILES string of the molecule is O=C1CN[C@H](c2ccccc2)[C@H](c2ccccc2)NCC(=O)NCCN1. The molecule has 1 heterocycles. The second-order valence-electron chi connectivity index (χ2n) is 6.24.